The third kappa shape index (κ3) is 4.62. The third-order valence-corrected chi connectivity index (χ3v) is 4.82. The Morgan fingerprint density at radius 2 is 1.75 bits per heavy atom. The Hall–Kier alpha value is -4.13. The van der Waals surface area contributed by atoms with E-state index in [1.54, 1.807) is 43.3 Å². The number of benzene rings is 2. The summed E-state index contributed by atoms with van der Waals surface area (Å²) < 4.78 is 12.4. The van der Waals surface area contributed by atoms with E-state index in [-0.39, 0.29) is 12.5 Å². The van der Waals surface area contributed by atoms with Crippen molar-refractivity contribution in [1.29, 1.82) is 0 Å². The smallest absolute Gasteiger partial charge is 0.343 e. The highest BCUT2D eigenvalue weighted by atomic mass is 16.5. The SMILES string of the molecule is CCOC(=O)CNc1c(-c2ccc(OC(=O)c3ccccc3)cc2)nc2ccc(C)cn12. The number of aryl methyl sites for hydroxylation is 1. The number of nitrogens with one attached hydrogen (secondary N) is 1. The van der Waals surface area contributed by atoms with Crippen LogP contribution in [0.3, 0.4) is 0 Å². The molecule has 7 nitrogen and oxygen atoms in total. The van der Waals surface area contributed by atoms with E-state index in [0.717, 1.165) is 16.8 Å². The summed E-state index contributed by atoms with van der Waals surface area (Å²) in [6.45, 7) is 4.11. The van der Waals surface area contributed by atoms with E-state index < -0.39 is 5.97 Å². The second-order valence-electron chi connectivity index (χ2n) is 7.18. The Morgan fingerprint density at radius 1 is 1.00 bits per heavy atom. The van der Waals surface area contributed by atoms with Crippen molar-refractivity contribution in [1.82, 2.24) is 9.38 Å². The molecular formula is C25H23N3O4. The molecule has 2 heterocycles. The molecule has 0 saturated heterocycles. The molecule has 2 aromatic heterocycles. The fourth-order valence-electron chi connectivity index (χ4n) is 3.31. The van der Waals surface area contributed by atoms with Crippen LogP contribution in [-0.2, 0) is 9.53 Å². The summed E-state index contributed by atoms with van der Waals surface area (Å²) in [4.78, 5) is 28.9. The van der Waals surface area contributed by atoms with Crippen LogP contribution in [0, 0.1) is 6.92 Å². The van der Waals surface area contributed by atoms with Gasteiger partial charge in [0, 0.05) is 11.8 Å². The highest BCUT2D eigenvalue weighted by Gasteiger charge is 2.16. The zero-order valence-electron chi connectivity index (χ0n) is 17.9. The molecule has 4 rings (SSSR count). The molecule has 0 atom stereocenters. The highest BCUT2D eigenvalue weighted by molar-refractivity contribution is 5.91. The van der Waals surface area contributed by atoms with Gasteiger partial charge in [-0.05, 0) is 61.9 Å². The lowest BCUT2D eigenvalue weighted by atomic mass is 10.1. The number of esters is 2. The zero-order valence-corrected chi connectivity index (χ0v) is 17.9. The largest absolute Gasteiger partial charge is 0.465 e. The van der Waals surface area contributed by atoms with Crippen molar-refractivity contribution < 1.29 is 19.1 Å². The molecule has 2 aromatic carbocycles. The van der Waals surface area contributed by atoms with Gasteiger partial charge in [-0.25, -0.2) is 9.78 Å². The predicted molar refractivity (Wildman–Crippen MR) is 122 cm³/mol. The number of carbonyl (C=O) groups excluding carboxylic acids is 2. The molecule has 0 fully saturated rings. The van der Waals surface area contributed by atoms with Crippen LogP contribution in [0.2, 0.25) is 0 Å². The molecule has 0 radical (unpaired) electrons. The van der Waals surface area contributed by atoms with E-state index in [4.69, 9.17) is 14.5 Å². The summed E-state index contributed by atoms with van der Waals surface area (Å²) in [6, 6.07) is 19.8. The standard InChI is InChI=1S/C25H23N3O4/c1-3-31-22(29)15-26-24-23(27-21-14-9-17(2)16-28(21)24)18-10-12-20(13-11-18)32-25(30)19-7-5-4-6-8-19/h4-14,16,26H,3,15H2,1-2H3. The number of ether oxygens (including phenoxy) is 2. The number of pyridine rings is 1. The monoisotopic (exact) mass is 429 g/mol. The number of rotatable bonds is 7. The predicted octanol–water partition coefficient (Wildman–Crippen LogP) is 4.50. The van der Waals surface area contributed by atoms with E-state index in [1.165, 1.54) is 0 Å². The van der Waals surface area contributed by atoms with Crippen molar-refractivity contribution >= 4 is 23.4 Å². The average molecular weight is 429 g/mol. The molecule has 0 aliphatic carbocycles. The number of hydrogen-bond donors (Lipinski definition) is 1. The van der Waals surface area contributed by atoms with Crippen LogP contribution in [0.25, 0.3) is 16.9 Å². The van der Waals surface area contributed by atoms with E-state index in [2.05, 4.69) is 5.32 Å². The molecule has 0 unspecified atom stereocenters. The highest BCUT2D eigenvalue weighted by Crippen LogP contribution is 2.30. The summed E-state index contributed by atoms with van der Waals surface area (Å²) >= 11 is 0. The molecule has 0 aliphatic heterocycles. The summed E-state index contributed by atoms with van der Waals surface area (Å²) in [7, 11) is 0. The van der Waals surface area contributed by atoms with Crippen LogP contribution in [0.15, 0.2) is 72.9 Å². The Bertz CT molecular complexity index is 1250. The van der Waals surface area contributed by atoms with Gasteiger partial charge in [0.05, 0.1) is 12.2 Å². The van der Waals surface area contributed by atoms with Gasteiger partial charge in [-0.15, -0.1) is 0 Å². The number of fused-ring (bicyclic) bond motifs is 1. The number of anilines is 1. The maximum absolute atomic E-state index is 12.3. The Morgan fingerprint density at radius 3 is 2.47 bits per heavy atom. The summed E-state index contributed by atoms with van der Waals surface area (Å²) in [5, 5.41) is 3.16. The van der Waals surface area contributed by atoms with Gasteiger partial charge in [0.2, 0.25) is 0 Å². The van der Waals surface area contributed by atoms with Gasteiger partial charge in [0.1, 0.15) is 29.5 Å². The lowest BCUT2D eigenvalue weighted by molar-refractivity contribution is -0.140. The van der Waals surface area contributed by atoms with Crippen molar-refractivity contribution in [3.8, 4) is 17.0 Å². The van der Waals surface area contributed by atoms with E-state index in [0.29, 0.717) is 29.4 Å². The van der Waals surface area contributed by atoms with Crippen molar-refractivity contribution in [2.24, 2.45) is 0 Å². The molecule has 0 saturated carbocycles. The minimum absolute atomic E-state index is 0.0232. The molecule has 0 spiro atoms. The third-order valence-electron chi connectivity index (χ3n) is 4.82. The van der Waals surface area contributed by atoms with Crippen molar-refractivity contribution in [2.75, 3.05) is 18.5 Å². The first kappa shape index (κ1) is 21.1. The van der Waals surface area contributed by atoms with E-state index in [9.17, 15) is 9.59 Å². The van der Waals surface area contributed by atoms with Crippen molar-refractivity contribution in [2.45, 2.75) is 13.8 Å². The number of nitrogens with zero attached hydrogens (tertiary/aromatic N) is 2. The first-order valence-electron chi connectivity index (χ1n) is 10.3. The molecule has 162 valence electrons. The Kier molecular flexibility index (Phi) is 6.17. The van der Waals surface area contributed by atoms with Crippen LogP contribution in [0.4, 0.5) is 5.82 Å². The number of hydrogen-bond acceptors (Lipinski definition) is 6. The van der Waals surface area contributed by atoms with Gasteiger partial charge in [-0.1, -0.05) is 24.3 Å². The molecule has 7 heteroatoms. The second kappa shape index (κ2) is 9.34. The average Bonchev–Trinajstić information content (AvgIpc) is 3.16. The number of aromatic nitrogens is 2. The molecule has 1 N–H and O–H groups in total. The van der Waals surface area contributed by atoms with E-state index >= 15 is 0 Å². The van der Waals surface area contributed by atoms with Gasteiger partial charge < -0.3 is 14.8 Å². The quantitative estimate of drug-likeness (QED) is 0.344. The fraction of sp³-hybridized carbons (Fsp3) is 0.160. The molecule has 4 aromatic rings. The minimum Gasteiger partial charge on any atom is -0.465 e. The van der Waals surface area contributed by atoms with Gasteiger partial charge in [0.15, 0.2) is 0 Å². The zero-order chi connectivity index (χ0) is 22.5. The lowest BCUT2D eigenvalue weighted by Gasteiger charge is -2.09. The Balaban J connectivity index is 1.61. The summed E-state index contributed by atoms with van der Waals surface area (Å²) in [6.07, 6.45) is 1.95. The maximum Gasteiger partial charge on any atom is 0.343 e. The minimum atomic E-state index is -0.418. The van der Waals surface area contributed by atoms with Gasteiger partial charge in [-0.2, -0.15) is 0 Å². The van der Waals surface area contributed by atoms with Gasteiger partial charge in [-0.3, -0.25) is 9.20 Å². The topological polar surface area (TPSA) is 81.9 Å². The first-order chi connectivity index (χ1) is 15.5. The van der Waals surface area contributed by atoms with Gasteiger partial charge >= 0.3 is 11.9 Å². The lowest BCUT2D eigenvalue weighted by Crippen LogP contribution is -2.18. The van der Waals surface area contributed by atoms with Crippen LogP contribution in [0.5, 0.6) is 5.75 Å². The second-order valence-corrected chi connectivity index (χ2v) is 7.18. The van der Waals surface area contributed by atoms with Crippen LogP contribution in [0.1, 0.15) is 22.8 Å². The first-order valence-corrected chi connectivity index (χ1v) is 10.3. The maximum atomic E-state index is 12.3. The normalized spacial score (nSPS) is 10.7. The van der Waals surface area contributed by atoms with Crippen LogP contribution in [-0.4, -0.2) is 34.5 Å². The van der Waals surface area contributed by atoms with Gasteiger partial charge in [0.25, 0.3) is 0 Å². The Labute approximate surface area is 185 Å². The molecular weight excluding hydrogens is 406 g/mol. The fourth-order valence-corrected chi connectivity index (χ4v) is 3.31. The molecule has 32 heavy (non-hydrogen) atoms. The van der Waals surface area contributed by atoms with Crippen molar-refractivity contribution in [3.05, 3.63) is 84.1 Å². The summed E-state index contributed by atoms with van der Waals surface area (Å²) in [5.41, 5.74) is 3.79. The number of carbonyl (C=O) groups is 2. The van der Waals surface area contributed by atoms with E-state index in [1.807, 2.05) is 47.9 Å². The molecule has 0 aliphatic rings. The van der Waals surface area contributed by atoms with Crippen LogP contribution < -0.4 is 10.1 Å². The van der Waals surface area contributed by atoms with Crippen LogP contribution >= 0.6 is 0 Å². The molecule has 0 amide bonds. The number of imidazole rings is 1. The van der Waals surface area contributed by atoms with Crippen molar-refractivity contribution in [3.63, 3.8) is 0 Å². The summed E-state index contributed by atoms with van der Waals surface area (Å²) in [5.74, 6) is 0.358. The molecule has 0 bridgehead atoms.